The van der Waals surface area contributed by atoms with Gasteiger partial charge in [0, 0.05) is 5.75 Å². The maximum Gasteiger partial charge on any atom is 0.276 e. The quantitative estimate of drug-likeness (QED) is 0.609. The number of rotatable bonds is 6. The first kappa shape index (κ1) is 15.8. The van der Waals surface area contributed by atoms with Gasteiger partial charge in [-0.05, 0) is 35.6 Å². The summed E-state index contributed by atoms with van der Waals surface area (Å²) in [5.74, 6) is 1.51. The third-order valence-corrected chi connectivity index (χ3v) is 4.71. The Balaban J connectivity index is 1.60. The predicted molar refractivity (Wildman–Crippen MR) is 93.7 cm³/mol. The van der Waals surface area contributed by atoms with E-state index in [9.17, 15) is 0 Å². The second kappa shape index (κ2) is 7.47. The number of hydrogen-bond acceptors (Lipinski definition) is 4. The molecular formula is C19H20N2OS. The van der Waals surface area contributed by atoms with Gasteiger partial charge in [-0.2, -0.15) is 0 Å². The molecule has 0 saturated heterocycles. The van der Waals surface area contributed by atoms with Gasteiger partial charge in [0.15, 0.2) is 0 Å². The van der Waals surface area contributed by atoms with E-state index in [0.717, 1.165) is 12.2 Å². The Bertz CT molecular complexity index is 765. The van der Waals surface area contributed by atoms with Crippen LogP contribution in [0.5, 0.6) is 0 Å². The van der Waals surface area contributed by atoms with Gasteiger partial charge < -0.3 is 4.42 Å². The van der Waals surface area contributed by atoms with Gasteiger partial charge in [0.2, 0.25) is 5.89 Å². The van der Waals surface area contributed by atoms with Crippen molar-refractivity contribution in [1.29, 1.82) is 0 Å². The fraction of sp³-hybridized carbons (Fsp3) is 0.263. The van der Waals surface area contributed by atoms with E-state index in [1.54, 1.807) is 11.8 Å². The number of aryl methyl sites for hydroxylation is 2. The lowest BCUT2D eigenvalue weighted by Crippen LogP contribution is -1.89. The minimum atomic E-state index is 0.633. The lowest BCUT2D eigenvalue weighted by atomic mass is 10.1. The van der Waals surface area contributed by atoms with Crippen LogP contribution in [0.4, 0.5) is 0 Å². The van der Waals surface area contributed by atoms with Crippen molar-refractivity contribution in [3.05, 3.63) is 76.7 Å². The minimum Gasteiger partial charge on any atom is -0.416 e. The summed E-state index contributed by atoms with van der Waals surface area (Å²) in [6.45, 7) is 4.28. The van der Waals surface area contributed by atoms with Crippen LogP contribution >= 0.6 is 11.8 Å². The van der Waals surface area contributed by atoms with Crippen LogP contribution in [-0.4, -0.2) is 10.2 Å². The highest BCUT2D eigenvalue weighted by Crippen LogP contribution is 2.23. The molecular weight excluding hydrogens is 304 g/mol. The van der Waals surface area contributed by atoms with Crippen LogP contribution < -0.4 is 0 Å². The van der Waals surface area contributed by atoms with Gasteiger partial charge in [-0.3, -0.25) is 0 Å². The Kier molecular flexibility index (Phi) is 5.13. The maximum absolute atomic E-state index is 5.75. The molecule has 3 aromatic rings. The molecule has 0 aliphatic carbocycles. The predicted octanol–water partition coefficient (Wildman–Crippen LogP) is 4.82. The molecule has 0 saturated carbocycles. The first-order valence-electron chi connectivity index (χ1n) is 7.82. The first-order chi connectivity index (χ1) is 11.2. The normalized spacial score (nSPS) is 10.9. The number of thioether (sulfide) groups is 1. The molecule has 0 fully saturated rings. The average molecular weight is 324 g/mol. The SMILES string of the molecule is CCc1ccc(Cc2nnc(SCc3ccccc3C)o2)cc1. The van der Waals surface area contributed by atoms with Gasteiger partial charge in [-0.25, -0.2) is 0 Å². The summed E-state index contributed by atoms with van der Waals surface area (Å²) in [5.41, 5.74) is 5.12. The van der Waals surface area contributed by atoms with Crippen LogP contribution in [0.15, 0.2) is 58.2 Å². The molecule has 1 heterocycles. The van der Waals surface area contributed by atoms with Crippen LogP contribution in [0.3, 0.4) is 0 Å². The van der Waals surface area contributed by atoms with Crippen molar-refractivity contribution in [3.63, 3.8) is 0 Å². The van der Waals surface area contributed by atoms with Crippen LogP contribution in [-0.2, 0) is 18.6 Å². The fourth-order valence-electron chi connectivity index (χ4n) is 2.35. The molecule has 3 nitrogen and oxygen atoms in total. The summed E-state index contributed by atoms with van der Waals surface area (Å²) in [7, 11) is 0. The van der Waals surface area contributed by atoms with E-state index < -0.39 is 0 Å². The molecule has 2 aromatic carbocycles. The lowest BCUT2D eigenvalue weighted by molar-refractivity contribution is 0.420. The third-order valence-electron chi connectivity index (χ3n) is 3.85. The average Bonchev–Trinajstić information content (AvgIpc) is 3.02. The standard InChI is InChI=1S/C19H20N2OS/c1-3-15-8-10-16(11-9-15)12-18-20-21-19(22-18)23-13-17-7-5-4-6-14(17)2/h4-11H,3,12-13H2,1-2H3. The van der Waals surface area contributed by atoms with Crippen LogP contribution in [0.1, 0.15) is 35.1 Å². The highest BCUT2D eigenvalue weighted by Gasteiger charge is 2.08. The van der Waals surface area contributed by atoms with Crippen molar-refractivity contribution in [1.82, 2.24) is 10.2 Å². The highest BCUT2D eigenvalue weighted by atomic mass is 32.2. The van der Waals surface area contributed by atoms with Gasteiger partial charge in [-0.15, -0.1) is 10.2 Å². The zero-order valence-corrected chi connectivity index (χ0v) is 14.3. The molecule has 4 heteroatoms. The lowest BCUT2D eigenvalue weighted by Gasteiger charge is -2.02. The van der Waals surface area contributed by atoms with E-state index in [1.165, 1.54) is 22.3 Å². The summed E-state index contributed by atoms with van der Waals surface area (Å²) in [4.78, 5) is 0. The van der Waals surface area contributed by atoms with Gasteiger partial charge in [0.1, 0.15) is 0 Å². The molecule has 0 spiro atoms. The van der Waals surface area contributed by atoms with Gasteiger partial charge in [0.05, 0.1) is 6.42 Å². The topological polar surface area (TPSA) is 38.9 Å². The van der Waals surface area contributed by atoms with Gasteiger partial charge in [0.25, 0.3) is 5.22 Å². The Labute approximate surface area is 141 Å². The zero-order chi connectivity index (χ0) is 16.1. The van der Waals surface area contributed by atoms with Crippen molar-refractivity contribution in [3.8, 4) is 0 Å². The van der Waals surface area contributed by atoms with E-state index in [2.05, 4.69) is 72.6 Å². The summed E-state index contributed by atoms with van der Waals surface area (Å²) in [6.07, 6.45) is 1.74. The number of hydrogen-bond donors (Lipinski definition) is 0. The molecule has 0 aliphatic heterocycles. The maximum atomic E-state index is 5.75. The van der Waals surface area contributed by atoms with Crippen molar-refractivity contribution >= 4 is 11.8 Å². The second-order valence-electron chi connectivity index (χ2n) is 5.52. The molecule has 0 atom stereocenters. The van der Waals surface area contributed by atoms with Crippen molar-refractivity contribution in [2.24, 2.45) is 0 Å². The molecule has 0 N–H and O–H groups in total. The zero-order valence-electron chi connectivity index (χ0n) is 13.5. The third kappa shape index (κ3) is 4.23. The highest BCUT2D eigenvalue weighted by molar-refractivity contribution is 7.98. The van der Waals surface area contributed by atoms with Gasteiger partial charge >= 0.3 is 0 Å². The number of benzene rings is 2. The molecule has 0 unspecified atom stereocenters. The van der Waals surface area contributed by atoms with E-state index in [0.29, 0.717) is 17.5 Å². The van der Waals surface area contributed by atoms with E-state index >= 15 is 0 Å². The largest absolute Gasteiger partial charge is 0.416 e. The van der Waals surface area contributed by atoms with E-state index in [1.807, 2.05) is 0 Å². The number of aromatic nitrogens is 2. The van der Waals surface area contributed by atoms with Crippen LogP contribution in [0.2, 0.25) is 0 Å². The summed E-state index contributed by atoms with van der Waals surface area (Å²) >= 11 is 1.58. The Hall–Kier alpha value is -2.07. The molecule has 23 heavy (non-hydrogen) atoms. The molecule has 0 bridgehead atoms. The summed E-state index contributed by atoms with van der Waals surface area (Å²) < 4.78 is 5.75. The molecule has 0 aliphatic rings. The van der Waals surface area contributed by atoms with Crippen molar-refractivity contribution < 1.29 is 4.42 Å². The Morgan fingerprint density at radius 3 is 2.43 bits per heavy atom. The monoisotopic (exact) mass is 324 g/mol. The Morgan fingerprint density at radius 1 is 0.957 bits per heavy atom. The van der Waals surface area contributed by atoms with Crippen LogP contribution in [0.25, 0.3) is 0 Å². The molecule has 0 radical (unpaired) electrons. The summed E-state index contributed by atoms with van der Waals surface area (Å²) in [6, 6.07) is 16.9. The van der Waals surface area contributed by atoms with E-state index in [4.69, 9.17) is 4.42 Å². The minimum absolute atomic E-state index is 0.633. The molecule has 118 valence electrons. The van der Waals surface area contributed by atoms with E-state index in [-0.39, 0.29) is 0 Å². The molecule has 3 rings (SSSR count). The smallest absolute Gasteiger partial charge is 0.276 e. The molecule has 0 amide bonds. The van der Waals surface area contributed by atoms with Crippen LogP contribution in [0, 0.1) is 6.92 Å². The van der Waals surface area contributed by atoms with Crippen molar-refractivity contribution in [2.45, 2.75) is 37.7 Å². The first-order valence-corrected chi connectivity index (χ1v) is 8.80. The molecule has 1 aromatic heterocycles. The van der Waals surface area contributed by atoms with Gasteiger partial charge in [-0.1, -0.05) is 67.2 Å². The fourth-order valence-corrected chi connectivity index (χ4v) is 3.20. The summed E-state index contributed by atoms with van der Waals surface area (Å²) in [5, 5.41) is 8.92. The number of nitrogens with zero attached hydrogens (tertiary/aromatic N) is 2. The second-order valence-corrected chi connectivity index (χ2v) is 6.45. The van der Waals surface area contributed by atoms with Crippen molar-refractivity contribution in [2.75, 3.05) is 0 Å². The Morgan fingerprint density at radius 2 is 1.70 bits per heavy atom.